The summed E-state index contributed by atoms with van der Waals surface area (Å²) in [4.78, 5) is 23.7. The molecule has 0 heterocycles. The summed E-state index contributed by atoms with van der Waals surface area (Å²) in [6.07, 6.45) is 0.413. The van der Waals surface area contributed by atoms with Crippen LogP contribution in [0.3, 0.4) is 0 Å². The molecule has 0 bridgehead atoms. The highest BCUT2D eigenvalue weighted by Gasteiger charge is 2.08. The van der Waals surface area contributed by atoms with Crippen molar-refractivity contribution in [3.8, 4) is 0 Å². The highest BCUT2D eigenvalue weighted by Crippen LogP contribution is 2.15. The molecule has 23 heavy (non-hydrogen) atoms. The molecule has 0 atom stereocenters. The van der Waals surface area contributed by atoms with Crippen molar-refractivity contribution in [3.63, 3.8) is 0 Å². The van der Waals surface area contributed by atoms with E-state index in [2.05, 4.69) is 17.6 Å². The number of carbonyl (C=O) groups excluding carboxylic acids is 2. The molecular formula is C18H20N2O3. The molecule has 5 nitrogen and oxygen atoms in total. The van der Waals surface area contributed by atoms with E-state index in [4.69, 9.17) is 4.74 Å². The van der Waals surface area contributed by atoms with Crippen molar-refractivity contribution in [2.75, 3.05) is 17.2 Å². The molecule has 2 aromatic carbocycles. The van der Waals surface area contributed by atoms with E-state index in [0.717, 1.165) is 12.1 Å². The van der Waals surface area contributed by atoms with E-state index in [-0.39, 0.29) is 5.91 Å². The van der Waals surface area contributed by atoms with Gasteiger partial charge in [-0.15, -0.1) is 0 Å². The van der Waals surface area contributed by atoms with E-state index >= 15 is 0 Å². The summed E-state index contributed by atoms with van der Waals surface area (Å²) >= 11 is 0. The molecule has 2 amide bonds. The number of amides is 2. The summed E-state index contributed by atoms with van der Waals surface area (Å²) in [7, 11) is 0. The number of carbonyl (C=O) groups is 2. The summed E-state index contributed by atoms with van der Waals surface area (Å²) in [5, 5.41) is 5.41. The Kier molecular flexibility index (Phi) is 5.74. The molecule has 0 aliphatic carbocycles. The number of hydrogen-bond acceptors (Lipinski definition) is 3. The van der Waals surface area contributed by atoms with Crippen LogP contribution in [0.25, 0.3) is 0 Å². The second-order valence-corrected chi connectivity index (χ2v) is 4.93. The van der Waals surface area contributed by atoms with Gasteiger partial charge in [0.15, 0.2) is 0 Å². The Hall–Kier alpha value is -2.82. The number of rotatable bonds is 5. The molecule has 2 aromatic rings. The Balaban J connectivity index is 2.05. The average molecular weight is 312 g/mol. The molecule has 0 radical (unpaired) electrons. The molecular weight excluding hydrogens is 292 g/mol. The third-order valence-corrected chi connectivity index (χ3v) is 3.27. The topological polar surface area (TPSA) is 67.4 Å². The Morgan fingerprint density at radius 2 is 1.70 bits per heavy atom. The number of ether oxygens (including phenoxy) is 1. The van der Waals surface area contributed by atoms with Gasteiger partial charge in [0.25, 0.3) is 5.91 Å². The minimum atomic E-state index is -0.541. The van der Waals surface area contributed by atoms with Gasteiger partial charge in [-0.05, 0) is 49.2 Å². The molecule has 0 spiro atoms. The van der Waals surface area contributed by atoms with Crippen LogP contribution in [0.5, 0.6) is 0 Å². The standard InChI is InChI=1S/C18H20N2O3/c1-3-13-8-10-15(11-9-13)19-17(21)14-6-5-7-16(12-14)20-18(22)23-4-2/h5-12H,3-4H2,1-2H3,(H,19,21)(H,20,22). The van der Waals surface area contributed by atoms with Crippen LogP contribution in [-0.2, 0) is 11.2 Å². The molecule has 2 rings (SSSR count). The predicted octanol–water partition coefficient (Wildman–Crippen LogP) is 4.07. The molecule has 0 aromatic heterocycles. The first-order valence-electron chi connectivity index (χ1n) is 7.56. The van der Waals surface area contributed by atoms with Gasteiger partial charge in [-0.25, -0.2) is 4.79 Å². The van der Waals surface area contributed by atoms with Crippen molar-refractivity contribution >= 4 is 23.4 Å². The van der Waals surface area contributed by atoms with Crippen LogP contribution < -0.4 is 10.6 Å². The molecule has 0 fully saturated rings. The fourth-order valence-corrected chi connectivity index (χ4v) is 2.05. The van der Waals surface area contributed by atoms with E-state index in [1.165, 1.54) is 5.56 Å². The number of hydrogen-bond donors (Lipinski definition) is 2. The molecule has 5 heteroatoms. The highest BCUT2D eigenvalue weighted by atomic mass is 16.5. The monoisotopic (exact) mass is 312 g/mol. The fourth-order valence-electron chi connectivity index (χ4n) is 2.05. The Bertz CT molecular complexity index is 681. The number of anilines is 2. The maximum atomic E-state index is 12.3. The third-order valence-electron chi connectivity index (χ3n) is 3.27. The van der Waals surface area contributed by atoms with Crippen LogP contribution in [0.1, 0.15) is 29.8 Å². The Labute approximate surface area is 135 Å². The zero-order valence-corrected chi connectivity index (χ0v) is 13.3. The van der Waals surface area contributed by atoms with Crippen molar-refractivity contribution in [1.82, 2.24) is 0 Å². The van der Waals surface area contributed by atoms with E-state index < -0.39 is 6.09 Å². The lowest BCUT2D eigenvalue weighted by Gasteiger charge is -2.09. The second kappa shape index (κ2) is 7.98. The lowest BCUT2D eigenvalue weighted by molar-refractivity contribution is 0.102. The summed E-state index contributed by atoms with van der Waals surface area (Å²) in [5.41, 5.74) is 2.91. The normalized spacial score (nSPS) is 10.0. The van der Waals surface area contributed by atoms with Crippen LogP contribution in [-0.4, -0.2) is 18.6 Å². The van der Waals surface area contributed by atoms with Crippen molar-refractivity contribution in [2.24, 2.45) is 0 Å². The quantitative estimate of drug-likeness (QED) is 0.874. The number of benzene rings is 2. The van der Waals surface area contributed by atoms with Gasteiger partial charge in [0.05, 0.1) is 6.61 Å². The summed E-state index contributed by atoms with van der Waals surface area (Å²) < 4.78 is 4.81. The van der Waals surface area contributed by atoms with E-state index in [9.17, 15) is 9.59 Å². The van der Waals surface area contributed by atoms with Gasteiger partial charge < -0.3 is 10.1 Å². The maximum absolute atomic E-state index is 12.3. The van der Waals surface area contributed by atoms with Crippen molar-refractivity contribution in [1.29, 1.82) is 0 Å². The Morgan fingerprint density at radius 1 is 0.957 bits per heavy atom. The van der Waals surface area contributed by atoms with Gasteiger partial charge in [-0.1, -0.05) is 25.1 Å². The third kappa shape index (κ3) is 4.85. The molecule has 0 aliphatic rings. The van der Waals surface area contributed by atoms with E-state index in [1.807, 2.05) is 24.3 Å². The van der Waals surface area contributed by atoms with Crippen LogP contribution in [0.15, 0.2) is 48.5 Å². The van der Waals surface area contributed by atoms with Crippen molar-refractivity contribution in [2.45, 2.75) is 20.3 Å². The number of aryl methyl sites for hydroxylation is 1. The lowest BCUT2D eigenvalue weighted by atomic mass is 10.1. The van der Waals surface area contributed by atoms with Crippen LogP contribution >= 0.6 is 0 Å². The van der Waals surface area contributed by atoms with Crippen molar-refractivity contribution < 1.29 is 14.3 Å². The smallest absolute Gasteiger partial charge is 0.411 e. The molecule has 2 N–H and O–H groups in total. The minimum Gasteiger partial charge on any atom is -0.450 e. The first-order chi connectivity index (χ1) is 11.1. The zero-order valence-electron chi connectivity index (χ0n) is 13.3. The molecule has 0 unspecified atom stereocenters. The predicted molar refractivity (Wildman–Crippen MR) is 90.9 cm³/mol. The zero-order chi connectivity index (χ0) is 16.7. The molecule has 120 valence electrons. The first kappa shape index (κ1) is 16.5. The highest BCUT2D eigenvalue weighted by molar-refractivity contribution is 6.05. The summed E-state index contributed by atoms with van der Waals surface area (Å²) in [6.45, 7) is 4.10. The van der Waals surface area contributed by atoms with Gasteiger partial charge in [-0.3, -0.25) is 10.1 Å². The summed E-state index contributed by atoms with van der Waals surface area (Å²) in [6, 6.07) is 14.4. The average Bonchev–Trinajstić information content (AvgIpc) is 2.56. The molecule has 0 saturated carbocycles. The van der Waals surface area contributed by atoms with Crippen LogP contribution in [0, 0.1) is 0 Å². The van der Waals surface area contributed by atoms with Gasteiger partial charge >= 0.3 is 6.09 Å². The second-order valence-electron chi connectivity index (χ2n) is 4.93. The largest absolute Gasteiger partial charge is 0.450 e. The molecule has 0 aliphatic heterocycles. The SMILES string of the molecule is CCOC(=O)Nc1cccc(C(=O)Nc2ccc(CC)cc2)c1. The first-order valence-corrected chi connectivity index (χ1v) is 7.56. The summed E-state index contributed by atoms with van der Waals surface area (Å²) in [5.74, 6) is -0.234. The van der Waals surface area contributed by atoms with E-state index in [1.54, 1.807) is 31.2 Å². The van der Waals surface area contributed by atoms with Crippen molar-refractivity contribution in [3.05, 3.63) is 59.7 Å². The lowest BCUT2D eigenvalue weighted by Crippen LogP contribution is -2.15. The van der Waals surface area contributed by atoms with Gasteiger partial charge in [0.2, 0.25) is 0 Å². The van der Waals surface area contributed by atoms with Crippen LogP contribution in [0.4, 0.5) is 16.2 Å². The van der Waals surface area contributed by atoms with Gasteiger partial charge in [-0.2, -0.15) is 0 Å². The van der Waals surface area contributed by atoms with Gasteiger partial charge in [0.1, 0.15) is 0 Å². The Morgan fingerprint density at radius 3 is 2.35 bits per heavy atom. The maximum Gasteiger partial charge on any atom is 0.411 e. The minimum absolute atomic E-state index is 0.234. The molecule has 0 saturated heterocycles. The van der Waals surface area contributed by atoms with Crippen LogP contribution in [0.2, 0.25) is 0 Å². The number of nitrogens with one attached hydrogen (secondary N) is 2. The van der Waals surface area contributed by atoms with Gasteiger partial charge in [0, 0.05) is 16.9 Å². The van der Waals surface area contributed by atoms with E-state index in [0.29, 0.717) is 17.9 Å². The fraction of sp³-hybridized carbons (Fsp3) is 0.222.